The second-order valence-corrected chi connectivity index (χ2v) is 4.30. The van der Waals surface area contributed by atoms with Crippen LogP contribution >= 0.6 is 0 Å². The molecule has 2 aromatic rings. The minimum Gasteiger partial charge on any atom is -0.345 e. The largest absolute Gasteiger partial charge is 0.345 e. The molecule has 3 nitrogen and oxygen atoms in total. The maximum atomic E-state index is 5.71. The third-order valence-electron chi connectivity index (χ3n) is 2.87. The van der Waals surface area contributed by atoms with E-state index in [-0.39, 0.29) is 0 Å². The molecule has 0 saturated carbocycles. The number of nitrogens with two attached hydrogens (primary N) is 1. The smallest absolute Gasteiger partial charge is 0.103 e. The zero-order chi connectivity index (χ0) is 12.3. The number of aromatic amines is 1. The lowest BCUT2D eigenvalue weighted by molar-refractivity contribution is 0.922. The Morgan fingerprint density at radius 3 is 2.53 bits per heavy atom. The molecule has 3 N–H and O–H groups in total. The average molecular weight is 229 g/mol. The van der Waals surface area contributed by atoms with Crippen LogP contribution < -0.4 is 5.73 Å². The Morgan fingerprint density at radius 1 is 1.24 bits per heavy atom. The fourth-order valence-electron chi connectivity index (χ4n) is 2.05. The van der Waals surface area contributed by atoms with E-state index in [0.29, 0.717) is 6.54 Å². The molecule has 0 bridgehead atoms. The van der Waals surface area contributed by atoms with Crippen molar-refractivity contribution in [2.45, 2.75) is 33.2 Å². The zero-order valence-corrected chi connectivity index (χ0v) is 10.5. The molecule has 0 atom stereocenters. The highest BCUT2D eigenvalue weighted by atomic mass is 14.9. The van der Waals surface area contributed by atoms with Crippen LogP contribution in [0.1, 0.15) is 30.4 Å². The van der Waals surface area contributed by atoms with Crippen molar-refractivity contribution >= 4 is 0 Å². The molecular formula is C14H19N3. The van der Waals surface area contributed by atoms with Gasteiger partial charge in [0.1, 0.15) is 5.82 Å². The normalized spacial score (nSPS) is 10.8. The van der Waals surface area contributed by atoms with Crippen molar-refractivity contribution in [1.82, 2.24) is 9.97 Å². The van der Waals surface area contributed by atoms with E-state index >= 15 is 0 Å². The minimum atomic E-state index is 0.493. The van der Waals surface area contributed by atoms with Crippen molar-refractivity contribution in [3.8, 4) is 11.3 Å². The Kier molecular flexibility index (Phi) is 3.59. The molecule has 3 heteroatoms. The molecule has 0 radical (unpaired) electrons. The van der Waals surface area contributed by atoms with E-state index in [1.165, 1.54) is 12.0 Å². The molecule has 0 amide bonds. The van der Waals surface area contributed by atoms with E-state index in [2.05, 4.69) is 41.2 Å². The summed E-state index contributed by atoms with van der Waals surface area (Å²) in [6, 6.07) is 8.59. The van der Waals surface area contributed by atoms with Crippen LogP contribution in [-0.4, -0.2) is 9.97 Å². The number of hydrogen-bond acceptors (Lipinski definition) is 2. The molecule has 2 rings (SSSR count). The lowest BCUT2D eigenvalue weighted by Gasteiger charge is -2.02. The van der Waals surface area contributed by atoms with Gasteiger partial charge in [-0.3, -0.25) is 0 Å². The summed E-state index contributed by atoms with van der Waals surface area (Å²) in [5, 5.41) is 0. The number of hydrogen-bond donors (Lipinski definition) is 2. The number of benzene rings is 1. The summed E-state index contributed by atoms with van der Waals surface area (Å²) in [5.41, 5.74) is 10.2. The van der Waals surface area contributed by atoms with Crippen LogP contribution in [0.15, 0.2) is 24.3 Å². The van der Waals surface area contributed by atoms with E-state index in [4.69, 9.17) is 5.73 Å². The van der Waals surface area contributed by atoms with E-state index in [1.807, 2.05) is 6.92 Å². The Morgan fingerprint density at radius 2 is 1.94 bits per heavy atom. The minimum absolute atomic E-state index is 0.493. The third-order valence-corrected chi connectivity index (χ3v) is 2.87. The molecule has 0 spiro atoms. The van der Waals surface area contributed by atoms with Crippen LogP contribution in [0.4, 0.5) is 0 Å². The number of nitrogens with one attached hydrogen (secondary N) is 1. The maximum Gasteiger partial charge on any atom is 0.103 e. The molecule has 0 unspecified atom stereocenters. The fourth-order valence-corrected chi connectivity index (χ4v) is 2.05. The molecule has 0 aliphatic heterocycles. The van der Waals surface area contributed by atoms with Crippen LogP contribution in [0.2, 0.25) is 0 Å². The van der Waals surface area contributed by atoms with Crippen molar-refractivity contribution < 1.29 is 0 Å². The molecule has 0 aliphatic carbocycles. The summed E-state index contributed by atoms with van der Waals surface area (Å²) >= 11 is 0. The van der Waals surface area contributed by atoms with Gasteiger partial charge in [0.05, 0.1) is 11.4 Å². The van der Waals surface area contributed by atoms with Gasteiger partial charge >= 0.3 is 0 Å². The topological polar surface area (TPSA) is 54.7 Å². The fraction of sp³-hybridized carbons (Fsp3) is 0.357. The van der Waals surface area contributed by atoms with E-state index in [0.717, 1.165) is 29.2 Å². The number of rotatable bonds is 4. The lowest BCUT2D eigenvalue weighted by Crippen LogP contribution is -1.98. The van der Waals surface area contributed by atoms with E-state index in [9.17, 15) is 0 Å². The van der Waals surface area contributed by atoms with Gasteiger partial charge in [0.2, 0.25) is 0 Å². The molecule has 1 aromatic carbocycles. The summed E-state index contributed by atoms with van der Waals surface area (Å²) in [5.74, 6) is 0.915. The summed E-state index contributed by atoms with van der Waals surface area (Å²) in [6.07, 6.45) is 2.30. The van der Waals surface area contributed by atoms with Gasteiger partial charge in [0.25, 0.3) is 0 Å². The molecule has 17 heavy (non-hydrogen) atoms. The van der Waals surface area contributed by atoms with Crippen molar-refractivity contribution in [2.24, 2.45) is 5.73 Å². The number of imidazole rings is 1. The van der Waals surface area contributed by atoms with Gasteiger partial charge in [-0.1, -0.05) is 37.6 Å². The molecule has 0 saturated heterocycles. The molecule has 0 fully saturated rings. The highest BCUT2D eigenvalue weighted by Gasteiger charge is 2.08. The number of aromatic nitrogens is 2. The zero-order valence-electron chi connectivity index (χ0n) is 10.5. The molecular weight excluding hydrogens is 210 g/mol. The van der Waals surface area contributed by atoms with Gasteiger partial charge in [0, 0.05) is 12.1 Å². The van der Waals surface area contributed by atoms with Crippen molar-refractivity contribution in [2.75, 3.05) is 0 Å². The van der Waals surface area contributed by atoms with Gasteiger partial charge in [-0.05, 0) is 18.9 Å². The Labute approximate surface area is 102 Å². The first-order valence-electron chi connectivity index (χ1n) is 6.09. The third kappa shape index (κ3) is 2.56. The average Bonchev–Trinajstić information content (AvgIpc) is 2.72. The SMILES string of the molecule is CCCc1ccc(-c2nc(C)[nH]c2CN)cc1. The summed E-state index contributed by atoms with van der Waals surface area (Å²) in [7, 11) is 0. The Balaban J connectivity index is 2.32. The van der Waals surface area contributed by atoms with Crippen LogP contribution in [0.5, 0.6) is 0 Å². The number of nitrogens with zero attached hydrogens (tertiary/aromatic N) is 1. The predicted octanol–water partition coefficient (Wildman–Crippen LogP) is 2.80. The van der Waals surface area contributed by atoms with Gasteiger partial charge in [-0.2, -0.15) is 0 Å². The monoisotopic (exact) mass is 229 g/mol. The first kappa shape index (κ1) is 11.9. The summed E-state index contributed by atoms with van der Waals surface area (Å²) < 4.78 is 0. The van der Waals surface area contributed by atoms with Crippen LogP contribution in [0, 0.1) is 6.92 Å². The standard InChI is InChI=1S/C14H19N3/c1-3-4-11-5-7-12(8-6-11)14-13(9-15)16-10(2)17-14/h5-8H,3-4,9,15H2,1-2H3,(H,16,17). The highest BCUT2D eigenvalue weighted by Crippen LogP contribution is 2.22. The van der Waals surface area contributed by atoms with Crippen LogP contribution in [0.25, 0.3) is 11.3 Å². The van der Waals surface area contributed by atoms with Crippen LogP contribution in [0.3, 0.4) is 0 Å². The molecule has 90 valence electrons. The van der Waals surface area contributed by atoms with Gasteiger partial charge in [-0.15, -0.1) is 0 Å². The van der Waals surface area contributed by atoms with Crippen LogP contribution in [-0.2, 0) is 13.0 Å². The Bertz CT molecular complexity index is 483. The first-order chi connectivity index (χ1) is 8.24. The second kappa shape index (κ2) is 5.15. The number of H-pyrrole nitrogens is 1. The maximum absolute atomic E-state index is 5.71. The summed E-state index contributed by atoms with van der Waals surface area (Å²) in [6.45, 7) is 4.64. The first-order valence-corrected chi connectivity index (χ1v) is 6.09. The summed E-state index contributed by atoms with van der Waals surface area (Å²) in [4.78, 5) is 7.69. The lowest BCUT2D eigenvalue weighted by atomic mass is 10.1. The highest BCUT2D eigenvalue weighted by molar-refractivity contribution is 5.62. The van der Waals surface area contributed by atoms with Gasteiger partial charge in [0.15, 0.2) is 0 Å². The van der Waals surface area contributed by atoms with Gasteiger partial charge < -0.3 is 10.7 Å². The van der Waals surface area contributed by atoms with Crippen molar-refractivity contribution in [3.63, 3.8) is 0 Å². The number of aryl methyl sites for hydroxylation is 2. The molecule has 1 heterocycles. The second-order valence-electron chi connectivity index (χ2n) is 4.30. The van der Waals surface area contributed by atoms with Crippen molar-refractivity contribution in [1.29, 1.82) is 0 Å². The van der Waals surface area contributed by atoms with E-state index < -0.39 is 0 Å². The van der Waals surface area contributed by atoms with Gasteiger partial charge in [-0.25, -0.2) is 4.98 Å². The van der Waals surface area contributed by atoms with E-state index in [1.54, 1.807) is 0 Å². The molecule has 1 aromatic heterocycles. The quantitative estimate of drug-likeness (QED) is 0.847. The predicted molar refractivity (Wildman–Crippen MR) is 70.6 cm³/mol. The Hall–Kier alpha value is -1.61. The van der Waals surface area contributed by atoms with Crippen molar-refractivity contribution in [3.05, 3.63) is 41.3 Å². The molecule has 0 aliphatic rings.